The zero-order valence-corrected chi connectivity index (χ0v) is 21.0. The summed E-state index contributed by atoms with van der Waals surface area (Å²) in [6, 6.07) is 7.34. The third kappa shape index (κ3) is 3.83. The molecular formula is C26H39N3O3S. The van der Waals surface area contributed by atoms with Crippen molar-refractivity contribution in [3.8, 4) is 0 Å². The number of fused-ring (bicyclic) bond motifs is 5. The highest BCUT2D eigenvalue weighted by atomic mass is 32.2. The molecule has 0 spiro atoms. The Kier molecular flexibility index (Phi) is 5.88. The normalized spacial score (nSPS) is 42.6. The molecule has 4 saturated carbocycles. The van der Waals surface area contributed by atoms with Gasteiger partial charge in [-0.3, -0.25) is 9.61 Å². The van der Waals surface area contributed by atoms with Gasteiger partial charge in [-0.1, -0.05) is 31.5 Å². The Balaban J connectivity index is 1.33. The number of hydrogen-bond acceptors (Lipinski definition) is 3. The summed E-state index contributed by atoms with van der Waals surface area (Å²) in [7, 11) is -3.75. The van der Waals surface area contributed by atoms with Gasteiger partial charge in [-0.2, -0.15) is 19.2 Å². The summed E-state index contributed by atoms with van der Waals surface area (Å²) in [5.41, 5.74) is 13.4. The van der Waals surface area contributed by atoms with Gasteiger partial charge in [0.15, 0.2) is 0 Å². The van der Waals surface area contributed by atoms with Gasteiger partial charge in [-0.15, -0.1) is 0 Å². The van der Waals surface area contributed by atoms with Crippen molar-refractivity contribution < 1.29 is 17.8 Å². The number of hydrazine groups is 1. The number of nitrogens with one attached hydrogen (secondary N) is 2. The first-order chi connectivity index (χ1) is 15.7. The van der Waals surface area contributed by atoms with Gasteiger partial charge in [0.25, 0.3) is 10.1 Å². The van der Waals surface area contributed by atoms with E-state index in [-0.39, 0.29) is 16.4 Å². The lowest BCUT2D eigenvalue weighted by Gasteiger charge is -2.61. The fourth-order valence-corrected chi connectivity index (χ4v) is 9.71. The third-order valence-electron chi connectivity index (χ3n) is 10.4. The Labute approximate surface area is 198 Å². The van der Waals surface area contributed by atoms with Crippen molar-refractivity contribution in [1.29, 1.82) is 0 Å². The summed E-state index contributed by atoms with van der Waals surface area (Å²) in [6.45, 7) is 6.78. The summed E-state index contributed by atoms with van der Waals surface area (Å²) in [4.78, 5) is 0.268. The maximum absolute atomic E-state index is 13.1. The third-order valence-corrected chi connectivity index (χ3v) is 11.7. The first kappa shape index (κ1) is 23.3. The maximum Gasteiger partial charge on any atom is 0.297 e. The highest BCUT2D eigenvalue weighted by Gasteiger charge is 2.61. The van der Waals surface area contributed by atoms with Crippen LogP contribution in [-0.4, -0.2) is 20.6 Å². The largest absolute Gasteiger partial charge is 0.297 e. The Bertz CT molecular complexity index is 997. The standard InChI is InChI=1S/C26H39N3O3S/c1-17-4-7-20(8-5-17)33(30,31)32-24-11-10-22-21-9-6-18-16-19(28-29-27)12-14-25(18,2)23(21)13-15-26(22,24)3/h4-5,7-8,18-19,21-24,29H,6,9-16H2,1-3H3,(H-,27,28). The molecule has 0 saturated heterocycles. The summed E-state index contributed by atoms with van der Waals surface area (Å²) < 4.78 is 32.1. The van der Waals surface area contributed by atoms with E-state index in [0.29, 0.717) is 35.1 Å². The number of rotatable bonds is 5. The molecule has 4 aliphatic rings. The smallest absolute Gasteiger partial charge is 0.290 e. The molecule has 0 aliphatic heterocycles. The van der Waals surface area contributed by atoms with Crippen molar-refractivity contribution in [2.75, 3.05) is 0 Å². The summed E-state index contributed by atoms with van der Waals surface area (Å²) in [6.07, 6.45) is 9.79. The average Bonchev–Trinajstić information content (AvgIpc) is 3.10. The first-order valence-corrected chi connectivity index (χ1v) is 14.2. The van der Waals surface area contributed by atoms with E-state index in [9.17, 15) is 8.42 Å². The molecule has 0 amide bonds. The molecule has 7 heteroatoms. The van der Waals surface area contributed by atoms with E-state index in [1.165, 1.54) is 25.7 Å². The Morgan fingerprint density at radius 2 is 1.67 bits per heavy atom. The molecule has 5 rings (SSSR count). The Hall–Kier alpha value is -1.47. The van der Waals surface area contributed by atoms with Crippen LogP contribution in [0.25, 0.3) is 5.53 Å². The first-order valence-electron chi connectivity index (χ1n) is 12.8. The molecule has 1 aromatic carbocycles. The molecule has 4 aliphatic carbocycles. The highest BCUT2D eigenvalue weighted by molar-refractivity contribution is 7.86. The minimum Gasteiger partial charge on any atom is -0.290 e. The predicted octanol–water partition coefficient (Wildman–Crippen LogP) is 4.09. The number of aryl methyl sites for hydroxylation is 1. The van der Waals surface area contributed by atoms with Crippen LogP contribution in [0.5, 0.6) is 0 Å². The van der Waals surface area contributed by atoms with Crippen LogP contribution in [-0.2, 0) is 14.3 Å². The van der Waals surface area contributed by atoms with Crippen molar-refractivity contribution >= 4 is 10.1 Å². The van der Waals surface area contributed by atoms with E-state index in [0.717, 1.165) is 37.7 Å². The average molecular weight is 474 g/mol. The maximum atomic E-state index is 13.1. The van der Waals surface area contributed by atoms with E-state index >= 15 is 0 Å². The molecule has 4 fully saturated rings. The summed E-state index contributed by atoms with van der Waals surface area (Å²) >= 11 is 0. The molecule has 0 heterocycles. The van der Waals surface area contributed by atoms with Crippen LogP contribution in [0.2, 0.25) is 0 Å². The lowest BCUT2D eigenvalue weighted by molar-refractivity contribution is -0.557. The van der Waals surface area contributed by atoms with Gasteiger partial charge >= 0.3 is 0 Å². The molecule has 6 nitrogen and oxygen atoms in total. The van der Waals surface area contributed by atoms with Crippen LogP contribution in [0, 0.1) is 41.4 Å². The second-order valence-electron chi connectivity index (χ2n) is 11.9. The van der Waals surface area contributed by atoms with E-state index in [1.54, 1.807) is 12.1 Å². The minimum atomic E-state index is -3.75. The second kappa shape index (κ2) is 8.33. The van der Waals surface area contributed by atoms with Gasteiger partial charge in [-0.25, -0.2) is 0 Å². The van der Waals surface area contributed by atoms with Crippen LogP contribution in [0.3, 0.4) is 0 Å². The number of benzene rings is 1. The molecule has 2 N–H and O–H groups in total. The van der Waals surface area contributed by atoms with Crippen LogP contribution < -0.4 is 10.6 Å². The molecule has 33 heavy (non-hydrogen) atoms. The topological polar surface area (TPSA) is 91.7 Å². The summed E-state index contributed by atoms with van der Waals surface area (Å²) in [5.74, 6) is 2.62. The van der Waals surface area contributed by atoms with Gasteiger partial charge in [0.1, 0.15) is 0 Å². The molecule has 1 aromatic rings. The lowest BCUT2D eigenvalue weighted by atomic mass is 9.45. The number of nitrogens with zero attached hydrogens (tertiary/aromatic N) is 1. The van der Waals surface area contributed by atoms with Crippen molar-refractivity contribution in [2.24, 2.45) is 34.5 Å². The van der Waals surface area contributed by atoms with E-state index in [1.807, 2.05) is 19.1 Å². The Morgan fingerprint density at radius 1 is 0.970 bits per heavy atom. The van der Waals surface area contributed by atoms with E-state index in [4.69, 9.17) is 9.71 Å². The molecular weight excluding hydrogens is 434 g/mol. The van der Waals surface area contributed by atoms with E-state index in [2.05, 4.69) is 24.5 Å². The fraction of sp³-hybridized carbons (Fsp3) is 0.769. The molecule has 0 aromatic heterocycles. The van der Waals surface area contributed by atoms with Crippen molar-refractivity contribution in [2.45, 2.75) is 95.6 Å². The van der Waals surface area contributed by atoms with Gasteiger partial charge in [-0.05, 0) is 111 Å². The molecule has 182 valence electrons. The van der Waals surface area contributed by atoms with Crippen LogP contribution in [0.1, 0.15) is 77.2 Å². The van der Waals surface area contributed by atoms with Gasteiger partial charge in [0, 0.05) is 6.04 Å². The zero-order valence-electron chi connectivity index (χ0n) is 20.2. The quantitative estimate of drug-likeness (QED) is 0.383. The van der Waals surface area contributed by atoms with Gasteiger partial charge in [0.2, 0.25) is 0 Å². The van der Waals surface area contributed by atoms with Crippen molar-refractivity contribution in [3.05, 3.63) is 35.4 Å². The molecule has 8 atom stereocenters. The van der Waals surface area contributed by atoms with Crippen molar-refractivity contribution in [1.82, 2.24) is 5.43 Å². The lowest BCUT2D eigenvalue weighted by Crippen LogP contribution is -2.78. The predicted molar refractivity (Wildman–Crippen MR) is 126 cm³/mol. The minimum absolute atomic E-state index is 0.0678. The number of hydrogen-bond donors (Lipinski definition) is 2. The zero-order chi connectivity index (χ0) is 23.4. The second-order valence-corrected chi connectivity index (χ2v) is 13.4. The molecule has 8 unspecified atom stereocenters. The van der Waals surface area contributed by atoms with E-state index < -0.39 is 10.1 Å². The summed E-state index contributed by atoms with van der Waals surface area (Å²) in [5, 5.41) is 2.16. The van der Waals surface area contributed by atoms with Gasteiger partial charge < -0.3 is 0 Å². The monoisotopic (exact) mass is 473 g/mol. The highest BCUT2D eigenvalue weighted by Crippen LogP contribution is 2.66. The van der Waals surface area contributed by atoms with Gasteiger partial charge in [0.05, 0.1) is 11.0 Å². The molecule has 0 bridgehead atoms. The van der Waals surface area contributed by atoms with Crippen molar-refractivity contribution in [3.63, 3.8) is 0 Å². The van der Waals surface area contributed by atoms with Crippen LogP contribution >= 0.6 is 0 Å². The van der Waals surface area contributed by atoms with Crippen LogP contribution in [0.4, 0.5) is 0 Å². The SMILES string of the molecule is Cc1ccc(S(=O)(=O)OC2CCC3C4CCC5CC(N[NH+]=[N-])CCC5(C)C4CCC23C)cc1. The van der Waals surface area contributed by atoms with Crippen LogP contribution in [0.15, 0.2) is 29.2 Å². The fourth-order valence-electron chi connectivity index (χ4n) is 8.50. The molecule has 0 radical (unpaired) electrons. The Morgan fingerprint density at radius 3 is 2.39 bits per heavy atom.